The van der Waals surface area contributed by atoms with Crippen LogP contribution < -0.4 is 14.4 Å². The molecule has 3 aromatic carbocycles. The molecule has 0 aliphatic heterocycles. The highest BCUT2D eigenvalue weighted by atomic mass is 35.5. The van der Waals surface area contributed by atoms with Gasteiger partial charge in [0, 0.05) is 23.1 Å². The molecule has 3 rings (SSSR count). The Morgan fingerprint density at radius 2 is 1.70 bits per heavy atom. The van der Waals surface area contributed by atoms with E-state index in [0.717, 1.165) is 9.87 Å². The molecule has 1 atom stereocenters. The molecule has 0 saturated carbocycles. The Bertz CT molecular complexity index is 1450. The first-order valence-electron chi connectivity index (χ1n) is 12.7. The fourth-order valence-electron chi connectivity index (χ4n) is 4.00. The molecule has 214 valence electrons. The summed E-state index contributed by atoms with van der Waals surface area (Å²) < 4.78 is 34.4. The van der Waals surface area contributed by atoms with Crippen molar-refractivity contribution in [3.8, 4) is 5.75 Å². The summed E-state index contributed by atoms with van der Waals surface area (Å²) in [6.07, 6.45) is 0.716. The minimum Gasteiger partial charge on any atom is -0.495 e. The van der Waals surface area contributed by atoms with Crippen molar-refractivity contribution < 1.29 is 22.7 Å². The summed E-state index contributed by atoms with van der Waals surface area (Å²) in [6.45, 7) is 5.16. The van der Waals surface area contributed by atoms with Gasteiger partial charge in [0.2, 0.25) is 11.8 Å². The highest BCUT2D eigenvalue weighted by Gasteiger charge is 2.34. The number of anilines is 1. The van der Waals surface area contributed by atoms with E-state index in [4.69, 9.17) is 27.9 Å². The van der Waals surface area contributed by atoms with Crippen LogP contribution >= 0.6 is 23.2 Å². The first-order chi connectivity index (χ1) is 19.0. The molecule has 11 heteroatoms. The van der Waals surface area contributed by atoms with Crippen LogP contribution in [0.2, 0.25) is 10.0 Å². The van der Waals surface area contributed by atoms with E-state index in [1.54, 1.807) is 49.4 Å². The van der Waals surface area contributed by atoms with E-state index in [9.17, 15) is 18.0 Å². The summed E-state index contributed by atoms with van der Waals surface area (Å²) in [6, 6.07) is 16.9. The fourth-order valence-corrected chi connectivity index (χ4v) is 5.78. The van der Waals surface area contributed by atoms with Crippen LogP contribution in [0, 0.1) is 6.92 Å². The Morgan fingerprint density at radius 1 is 1.02 bits per heavy atom. The number of hydrogen-bond donors (Lipinski definition) is 1. The maximum absolute atomic E-state index is 14.0. The number of halogens is 2. The number of sulfonamides is 1. The van der Waals surface area contributed by atoms with Crippen LogP contribution in [0.25, 0.3) is 0 Å². The number of hydrogen-bond acceptors (Lipinski definition) is 5. The number of carbonyl (C=O) groups excluding carboxylic acids is 2. The zero-order valence-electron chi connectivity index (χ0n) is 22.9. The van der Waals surface area contributed by atoms with Crippen molar-refractivity contribution >= 4 is 50.7 Å². The molecule has 40 heavy (non-hydrogen) atoms. The molecule has 2 amide bonds. The molecule has 0 heterocycles. The quantitative estimate of drug-likeness (QED) is 0.296. The highest BCUT2D eigenvalue weighted by molar-refractivity contribution is 7.92. The van der Waals surface area contributed by atoms with Gasteiger partial charge in [0.25, 0.3) is 10.0 Å². The van der Waals surface area contributed by atoms with Gasteiger partial charge in [-0.25, -0.2) is 8.42 Å². The Labute approximate surface area is 245 Å². The van der Waals surface area contributed by atoms with E-state index in [0.29, 0.717) is 23.6 Å². The number of aryl methyl sites for hydroxylation is 1. The van der Waals surface area contributed by atoms with Crippen LogP contribution in [0.3, 0.4) is 0 Å². The number of carbonyl (C=O) groups is 2. The second-order valence-corrected chi connectivity index (χ2v) is 11.9. The number of rotatable bonds is 12. The lowest BCUT2D eigenvalue weighted by molar-refractivity contribution is -0.139. The van der Waals surface area contributed by atoms with Gasteiger partial charge in [-0.1, -0.05) is 66.0 Å². The average molecular weight is 607 g/mol. The van der Waals surface area contributed by atoms with E-state index in [1.807, 2.05) is 13.8 Å². The minimum atomic E-state index is -4.27. The molecular weight excluding hydrogens is 573 g/mol. The predicted molar refractivity (Wildman–Crippen MR) is 158 cm³/mol. The molecule has 0 unspecified atom stereocenters. The van der Waals surface area contributed by atoms with Crippen LogP contribution in [0.5, 0.6) is 5.75 Å². The first kappa shape index (κ1) is 31.3. The minimum absolute atomic E-state index is 0.00960. The van der Waals surface area contributed by atoms with Crippen molar-refractivity contribution in [1.29, 1.82) is 0 Å². The van der Waals surface area contributed by atoms with Crippen molar-refractivity contribution in [2.75, 3.05) is 24.5 Å². The second-order valence-electron chi connectivity index (χ2n) is 9.22. The lowest BCUT2D eigenvalue weighted by Gasteiger charge is -2.32. The summed E-state index contributed by atoms with van der Waals surface area (Å²) in [4.78, 5) is 28.3. The molecule has 3 aromatic rings. The first-order valence-corrected chi connectivity index (χ1v) is 14.9. The SMILES string of the molecule is CCCNC(=O)[C@H](C)N(Cc1ccccc1Cl)C(=O)CN(c1cc(Cl)ccc1OC)S(=O)(=O)c1ccc(C)cc1. The van der Waals surface area contributed by atoms with Gasteiger partial charge >= 0.3 is 0 Å². The average Bonchev–Trinajstić information content (AvgIpc) is 2.93. The molecule has 0 spiro atoms. The van der Waals surface area contributed by atoms with Crippen molar-refractivity contribution in [2.45, 2.75) is 44.7 Å². The van der Waals surface area contributed by atoms with Gasteiger partial charge in [0.05, 0.1) is 17.7 Å². The summed E-state index contributed by atoms with van der Waals surface area (Å²) >= 11 is 12.6. The summed E-state index contributed by atoms with van der Waals surface area (Å²) in [5.41, 5.74) is 1.57. The van der Waals surface area contributed by atoms with E-state index in [1.165, 1.54) is 36.3 Å². The zero-order valence-corrected chi connectivity index (χ0v) is 25.2. The Balaban J connectivity index is 2.10. The maximum atomic E-state index is 14.0. The molecule has 0 fully saturated rings. The lowest BCUT2D eigenvalue weighted by Crippen LogP contribution is -2.51. The third-order valence-corrected chi connectivity index (χ3v) is 8.69. The van der Waals surface area contributed by atoms with Crippen LogP contribution in [-0.2, 0) is 26.2 Å². The molecule has 0 aromatic heterocycles. The molecule has 8 nitrogen and oxygen atoms in total. The van der Waals surface area contributed by atoms with Crippen molar-refractivity contribution in [1.82, 2.24) is 10.2 Å². The standard InChI is InChI=1S/C29H33Cl2N3O5S/c1-5-16-32-29(36)21(3)33(18-22-8-6-7-9-25(22)31)28(35)19-34(26-17-23(30)12-15-27(26)39-4)40(37,38)24-13-10-20(2)11-14-24/h6-15,17,21H,5,16,18-19H2,1-4H3,(H,32,36)/t21-/m0/s1. The number of methoxy groups -OCH3 is 1. The topological polar surface area (TPSA) is 96.0 Å². The van der Waals surface area contributed by atoms with E-state index < -0.39 is 28.5 Å². The molecule has 0 radical (unpaired) electrons. The summed E-state index contributed by atoms with van der Waals surface area (Å²) in [5, 5.41) is 3.48. The zero-order chi connectivity index (χ0) is 29.4. The van der Waals surface area contributed by atoms with Crippen molar-refractivity contribution in [3.63, 3.8) is 0 Å². The maximum Gasteiger partial charge on any atom is 0.264 e. The fraction of sp³-hybridized carbons (Fsp3) is 0.310. The Kier molecular flexibility index (Phi) is 10.8. The predicted octanol–water partition coefficient (Wildman–Crippen LogP) is 5.45. The number of benzene rings is 3. The van der Waals surface area contributed by atoms with Gasteiger partial charge in [0.1, 0.15) is 18.3 Å². The van der Waals surface area contributed by atoms with Crippen molar-refractivity contribution in [3.05, 3.63) is 87.9 Å². The third-order valence-electron chi connectivity index (χ3n) is 6.31. The lowest BCUT2D eigenvalue weighted by atomic mass is 10.1. The van der Waals surface area contributed by atoms with E-state index >= 15 is 0 Å². The molecule has 1 N–H and O–H groups in total. The van der Waals surface area contributed by atoms with Gasteiger partial charge in [0.15, 0.2) is 0 Å². The van der Waals surface area contributed by atoms with Crippen LogP contribution in [0.1, 0.15) is 31.4 Å². The molecule has 0 aliphatic rings. The molecule has 0 bridgehead atoms. The number of nitrogens with zero attached hydrogens (tertiary/aromatic N) is 2. The summed E-state index contributed by atoms with van der Waals surface area (Å²) in [7, 11) is -2.87. The number of ether oxygens (including phenoxy) is 1. The molecular formula is C29H33Cl2N3O5S. The van der Waals surface area contributed by atoms with E-state index in [-0.39, 0.29) is 33.8 Å². The number of amides is 2. The third kappa shape index (κ3) is 7.47. The Hall–Kier alpha value is -3.27. The van der Waals surface area contributed by atoms with Crippen LogP contribution in [0.4, 0.5) is 5.69 Å². The largest absolute Gasteiger partial charge is 0.495 e. The van der Waals surface area contributed by atoms with Gasteiger partial charge in [-0.2, -0.15) is 0 Å². The van der Waals surface area contributed by atoms with Gasteiger partial charge < -0.3 is 15.0 Å². The van der Waals surface area contributed by atoms with Crippen LogP contribution in [-0.4, -0.2) is 51.4 Å². The monoisotopic (exact) mass is 605 g/mol. The van der Waals surface area contributed by atoms with Gasteiger partial charge in [-0.3, -0.25) is 13.9 Å². The smallest absolute Gasteiger partial charge is 0.264 e. The molecule has 0 aliphatic carbocycles. The summed E-state index contributed by atoms with van der Waals surface area (Å²) in [5.74, 6) is -0.772. The van der Waals surface area contributed by atoms with Crippen molar-refractivity contribution in [2.24, 2.45) is 0 Å². The highest BCUT2D eigenvalue weighted by Crippen LogP contribution is 2.35. The van der Waals surface area contributed by atoms with Gasteiger partial charge in [-0.15, -0.1) is 0 Å². The second kappa shape index (κ2) is 13.9. The van der Waals surface area contributed by atoms with Gasteiger partial charge in [-0.05, 0) is 62.2 Å². The normalized spacial score (nSPS) is 11.9. The number of nitrogens with one attached hydrogen (secondary N) is 1. The molecule has 0 saturated heterocycles. The Morgan fingerprint density at radius 3 is 2.33 bits per heavy atom. The van der Waals surface area contributed by atoms with E-state index in [2.05, 4.69) is 5.32 Å². The van der Waals surface area contributed by atoms with Crippen LogP contribution in [0.15, 0.2) is 71.6 Å².